The Morgan fingerprint density at radius 1 is 0.909 bits per heavy atom. The molecule has 4 saturated carbocycles. The molecule has 0 radical (unpaired) electrons. The van der Waals surface area contributed by atoms with E-state index in [9.17, 15) is 14.4 Å². The van der Waals surface area contributed by atoms with Crippen molar-refractivity contribution in [2.75, 3.05) is 30.3 Å². The van der Waals surface area contributed by atoms with Gasteiger partial charge < -0.3 is 16.0 Å². The number of benzene rings is 1. The molecule has 1 atom stereocenters. The quantitative estimate of drug-likeness (QED) is 0.532. The van der Waals surface area contributed by atoms with E-state index in [-0.39, 0.29) is 42.3 Å². The second kappa shape index (κ2) is 9.84. The van der Waals surface area contributed by atoms with Crippen LogP contribution in [0.2, 0.25) is 0 Å². The molecule has 0 heterocycles. The summed E-state index contributed by atoms with van der Waals surface area (Å²) >= 11 is 0. The Balaban J connectivity index is 1.25. The summed E-state index contributed by atoms with van der Waals surface area (Å²) in [6, 6.07) is 7.17. The summed E-state index contributed by atoms with van der Waals surface area (Å²) in [6.07, 6.45) is 7.99. The first-order valence-corrected chi connectivity index (χ1v) is 12.4. The monoisotopic (exact) mass is 454 g/mol. The van der Waals surface area contributed by atoms with Crippen molar-refractivity contribution in [3.05, 3.63) is 24.3 Å². The molecule has 3 N–H and O–H groups in total. The molecule has 4 fully saturated rings. The Labute approximate surface area is 197 Å². The van der Waals surface area contributed by atoms with Crippen LogP contribution in [0.4, 0.5) is 11.4 Å². The minimum Gasteiger partial charge on any atom is -0.352 e. The van der Waals surface area contributed by atoms with Gasteiger partial charge in [0.05, 0.1) is 13.1 Å². The highest BCUT2D eigenvalue weighted by molar-refractivity contribution is 5.93. The molecule has 0 aromatic heterocycles. The molecule has 7 heteroatoms. The number of hydrogen-bond donors (Lipinski definition) is 3. The van der Waals surface area contributed by atoms with Gasteiger partial charge in [-0.15, -0.1) is 0 Å². The average Bonchev–Trinajstić information content (AvgIpc) is 2.73. The van der Waals surface area contributed by atoms with Crippen LogP contribution >= 0.6 is 0 Å². The van der Waals surface area contributed by atoms with E-state index in [2.05, 4.69) is 22.9 Å². The van der Waals surface area contributed by atoms with Gasteiger partial charge in [0.1, 0.15) is 0 Å². The SMILES string of the molecule is CCN(CC(=O)Nc1ccc(NC(C)=O)cc1)CC(=O)NC(C)C12CC3CC(CC(C3)C1)C2. The van der Waals surface area contributed by atoms with Crippen LogP contribution in [0.3, 0.4) is 0 Å². The summed E-state index contributed by atoms with van der Waals surface area (Å²) in [5.74, 6) is 2.29. The predicted molar refractivity (Wildman–Crippen MR) is 130 cm³/mol. The number of nitrogens with zero attached hydrogens (tertiary/aromatic N) is 1. The van der Waals surface area contributed by atoms with Crippen molar-refractivity contribution in [2.24, 2.45) is 23.2 Å². The third kappa shape index (κ3) is 5.75. The Kier molecular flexibility index (Phi) is 7.07. The van der Waals surface area contributed by atoms with Crippen LogP contribution in [0.5, 0.6) is 0 Å². The lowest BCUT2D eigenvalue weighted by atomic mass is 9.48. The first-order valence-electron chi connectivity index (χ1n) is 12.4. The second-order valence-electron chi connectivity index (χ2n) is 10.7. The van der Waals surface area contributed by atoms with Crippen molar-refractivity contribution in [3.8, 4) is 0 Å². The molecule has 1 aromatic rings. The highest BCUT2D eigenvalue weighted by Crippen LogP contribution is 2.61. The molecule has 7 nitrogen and oxygen atoms in total. The van der Waals surface area contributed by atoms with Crippen LogP contribution in [0.15, 0.2) is 24.3 Å². The lowest BCUT2D eigenvalue weighted by Crippen LogP contribution is -2.56. The standard InChI is InChI=1S/C26H38N4O3/c1-4-30(16-25(33)29-23-7-5-22(6-8-23)28-18(3)31)15-24(32)27-17(2)26-12-19-9-20(13-26)11-21(10-19)14-26/h5-8,17,19-21H,4,9-16H2,1-3H3,(H,27,32)(H,28,31)(H,29,33). The fraction of sp³-hybridized carbons (Fsp3) is 0.654. The molecule has 4 aliphatic carbocycles. The maximum atomic E-state index is 12.9. The van der Waals surface area contributed by atoms with Crippen LogP contribution in [0.25, 0.3) is 0 Å². The van der Waals surface area contributed by atoms with Crippen molar-refractivity contribution >= 4 is 29.1 Å². The summed E-state index contributed by atoms with van der Waals surface area (Å²) in [5, 5.41) is 8.87. The third-order valence-electron chi connectivity index (χ3n) is 8.05. The van der Waals surface area contributed by atoms with Gasteiger partial charge in [0.15, 0.2) is 0 Å². The summed E-state index contributed by atoms with van der Waals surface area (Å²) in [6.45, 7) is 6.61. The fourth-order valence-corrected chi connectivity index (χ4v) is 6.87. The van der Waals surface area contributed by atoms with Gasteiger partial charge in [-0.3, -0.25) is 19.3 Å². The second-order valence-corrected chi connectivity index (χ2v) is 10.7. The Morgan fingerprint density at radius 2 is 1.39 bits per heavy atom. The molecule has 180 valence electrons. The van der Waals surface area contributed by atoms with Crippen molar-refractivity contribution in [1.82, 2.24) is 10.2 Å². The van der Waals surface area contributed by atoms with Crippen LogP contribution in [0.1, 0.15) is 59.3 Å². The van der Waals surface area contributed by atoms with E-state index >= 15 is 0 Å². The Hall–Kier alpha value is -2.41. The normalized spacial score (nSPS) is 28.4. The van der Waals surface area contributed by atoms with Gasteiger partial charge >= 0.3 is 0 Å². The maximum absolute atomic E-state index is 12.9. The topological polar surface area (TPSA) is 90.5 Å². The molecule has 3 amide bonds. The van der Waals surface area contributed by atoms with Crippen molar-refractivity contribution in [2.45, 2.75) is 65.3 Å². The molecule has 33 heavy (non-hydrogen) atoms. The molecule has 5 rings (SSSR count). The molecule has 1 unspecified atom stereocenters. The van der Waals surface area contributed by atoms with E-state index in [1.807, 2.05) is 11.8 Å². The van der Waals surface area contributed by atoms with E-state index in [1.54, 1.807) is 24.3 Å². The Morgan fingerprint density at radius 3 is 1.88 bits per heavy atom. The van der Waals surface area contributed by atoms with Gasteiger partial charge in [0.2, 0.25) is 17.7 Å². The Bertz CT molecular complexity index is 847. The molecule has 4 aliphatic rings. The summed E-state index contributed by atoms with van der Waals surface area (Å²) in [5.41, 5.74) is 1.62. The zero-order valence-corrected chi connectivity index (χ0v) is 20.2. The smallest absolute Gasteiger partial charge is 0.238 e. The van der Waals surface area contributed by atoms with Crippen molar-refractivity contribution in [3.63, 3.8) is 0 Å². The number of likely N-dealkylation sites (N-methyl/N-ethyl adjacent to an activating group) is 1. The number of carbonyl (C=O) groups excluding carboxylic acids is 3. The number of nitrogens with one attached hydrogen (secondary N) is 3. The third-order valence-corrected chi connectivity index (χ3v) is 8.05. The first-order chi connectivity index (χ1) is 15.7. The highest BCUT2D eigenvalue weighted by Gasteiger charge is 2.53. The zero-order chi connectivity index (χ0) is 23.6. The number of hydrogen-bond acceptors (Lipinski definition) is 4. The van der Waals surface area contributed by atoms with E-state index in [0.29, 0.717) is 17.9 Å². The summed E-state index contributed by atoms with van der Waals surface area (Å²) in [4.78, 5) is 38.4. The van der Waals surface area contributed by atoms with E-state index in [4.69, 9.17) is 0 Å². The fourth-order valence-electron chi connectivity index (χ4n) is 6.87. The first kappa shape index (κ1) is 23.7. The van der Waals surface area contributed by atoms with Crippen LogP contribution < -0.4 is 16.0 Å². The summed E-state index contributed by atoms with van der Waals surface area (Å²) < 4.78 is 0. The number of anilines is 2. The highest BCUT2D eigenvalue weighted by atomic mass is 16.2. The van der Waals surface area contributed by atoms with E-state index in [0.717, 1.165) is 17.8 Å². The number of carbonyl (C=O) groups is 3. The van der Waals surface area contributed by atoms with Crippen molar-refractivity contribution < 1.29 is 14.4 Å². The van der Waals surface area contributed by atoms with Gasteiger partial charge in [-0.1, -0.05) is 6.92 Å². The molecule has 0 aliphatic heterocycles. The lowest BCUT2D eigenvalue weighted by Gasteiger charge is -2.59. The lowest BCUT2D eigenvalue weighted by molar-refractivity contribution is -0.127. The largest absolute Gasteiger partial charge is 0.352 e. The van der Waals surface area contributed by atoms with Gasteiger partial charge in [-0.25, -0.2) is 0 Å². The minimum absolute atomic E-state index is 0.00700. The van der Waals surface area contributed by atoms with Crippen LogP contribution in [-0.2, 0) is 14.4 Å². The van der Waals surface area contributed by atoms with Gasteiger partial charge in [-0.05, 0) is 99.4 Å². The molecule has 0 spiro atoms. The summed E-state index contributed by atoms with van der Waals surface area (Å²) in [7, 11) is 0. The zero-order valence-electron chi connectivity index (χ0n) is 20.2. The average molecular weight is 455 g/mol. The number of amides is 3. The minimum atomic E-state index is -0.161. The van der Waals surface area contributed by atoms with Crippen molar-refractivity contribution in [1.29, 1.82) is 0 Å². The predicted octanol–water partition coefficient (Wildman–Crippen LogP) is 3.63. The van der Waals surface area contributed by atoms with Gasteiger partial charge in [0, 0.05) is 24.3 Å². The van der Waals surface area contributed by atoms with E-state index in [1.165, 1.54) is 45.4 Å². The number of rotatable bonds is 9. The van der Waals surface area contributed by atoms with Gasteiger partial charge in [0.25, 0.3) is 0 Å². The van der Waals surface area contributed by atoms with Gasteiger partial charge in [-0.2, -0.15) is 0 Å². The maximum Gasteiger partial charge on any atom is 0.238 e. The molecule has 1 aromatic carbocycles. The van der Waals surface area contributed by atoms with Crippen LogP contribution in [0, 0.1) is 23.2 Å². The molecular weight excluding hydrogens is 416 g/mol. The molecular formula is C26H38N4O3. The van der Waals surface area contributed by atoms with E-state index < -0.39 is 0 Å². The molecule has 4 bridgehead atoms. The molecule has 0 saturated heterocycles. The van der Waals surface area contributed by atoms with Crippen LogP contribution in [-0.4, -0.2) is 48.3 Å².